The number of amides is 1. The molecule has 1 heterocycles. The minimum Gasteiger partial charge on any atom is -0.323 e. The van der Waals surface area contributed by atoms with E-state index < -0.39 is 0 Å². The lowest BCUT2D eigenvalue weighted by Gasteiger charge is -2.30. The van der Waals surface area contributed by atoms with Crippen LogP contribution in [0.2, 0.25) is 0 Å². The van der Waals surface area contributed by atoms with Crippen LogP contribution in [-0.2, 0) is 4.79 Å². The standard InChI is InChI=1S/C15H28N2O/c1-4-8-12(3)17-13(9-5-2)16-15(14(17)18)10-6-7-11-15/h12-13,16H,4-11H2,1-3H3. The first-order valence-corrected chi connectivity index (χ1v) is 7.75. The van der Waals surface area contributed by atoms with Crippen molar-refractivity contribution in [3.05, 3.63) is 0 Å². The largest absolute Gasteiger partial charge is 0.323 e. The zero-order valence-corrected chi connectivity index (χ0v) is 12.2. The fourth-order valence-corrected chi connectivity index (χ4v) is 3.72. The van der Waals surface area contributed by atoms with Crippen molar-refractivity contribution in [2.75, 3.05) is 0 Å². The minimum absolute atomic E-state index is 0.193. The van der Waals surface area contributed by atoms with Gasteiger partial charge in [0.25, 0.3) is 0 Å². The van der Waals surface area contributed by atoms with E-state index in [0.29, 0.717) is 11.9 Å². The maximum Gasteiger partial charge on any atom is 0.244 e. The smallest absolute Gasteiger partial charge is 0.244 e. The van der Waals surface area contributed by atoms with Crippen molar-refractivity contribution >= 4 is 5.91 Å². The topological polar surface area (TPSA) is 32.3 Å². The fraction of sp³-hybridized carbons (Fsp3) is 0.933. The van der Waals surface area contributed by atoms with Gasteiger partial charge in [-0.15, -0.1) is 0 Å². The van der Waals surface area contributed by atoms with Gasteiger partial charge in [-0.1, -0.05) is 39.5 Å². The highest BCUT2D eigenvalue weighted by molar-refractivity contribution is 5.89. The van der Waals surface area contributed by atoms with Crippen molar-refractivity contribution in [3.8, 4) is 0 Å². The minimum atomic E-state index is -0.193. The van der Waals surface area contributed by atoms with Crippen molar-refractivity contribution in [1.82, 2.24) is 10.2 Å². The van der Waals surface area contributed by atoms with Gasteiger partial charge >= 0.3 is 0 Å². The first kappa shape index (κ1) is 13.9. The molecule has 0 aromatic heterocycles. The number of carbonyl (C=O) groups excluding carboxylic acids is 1. The normalized spacial score (nSPS) is 28.3. The van der Waals surface area contributed by atoms with Gasteiger partial charge in [0.1, 0.15) is 0 Å². The first-order chi connectivity index (χ1) is 8.64. The van der Waals surface area contributed by atoms with Crippen LogP contribution < -0.4 is 5.32 Å². The molecule has 3 heteroatoms. The molecule has 2 fully saturated rings. The Morgan fingerprint density at radius 2 is 2.00 bits per heavy atom. The lowest BCUT2D eigenvalue weighted by molar-refractivity contribution is -0.135. The van der Waals surface area contributed by atoms with Crippen molar-refractivity contribution in [2.45, 2.75) is 89.9 Å². The van der Waals surface area contributed by atoms with Crippen LogP contribution in [0.15, 0.2) is 0 Å². The summed E-state index contributed by atoms with van der Waals surface area (Å²) in [6, 6.07) is 0.381. The second-order valence-electron chi connectivity index (χ2n) is 6.09. The number of carbonyl (C=O) groups is 1. The zero-order chi connectivity index (χ0) is 13.2. The summed E-state index contributed by atoms with van der Waals surface area (Å²) in [6.07, 6.45) is 9.25. The second kappa shape index (κ2) is 5.60. The molecule has 1 N–H and O–H groups in total. The van der Waals surface area contributed by atoms with E-state index in [-0.39, 0.29) is 11.7 Å². The molecule has 1 saturated heterocycles. The highest BCUT2D eigenvalue weighted by atomic mass is 16.2. The Morgan fingerprint density at radius 1 is 1.33 bits per heavy atom. The summed E-state index contributed by atoms with van der Waals surface area (Å²) in [5, 5.41) is 3.68. The molecule has 1 spiro atoms. The maximum atomic E-state index is 12.8. The van der Waals surface area contributed by atoms with Gasteiger partial charge in [0.2, 0.25) is 5.91 Å². The SMILES string of the molecule is CCCC(C)N1C(=O)C2(CCCC2)NC1CCC. The molecule has 2 aliphatic rings. The number of hydrogen-bond acceptors (Lipinski definition) is 2. The zero-order valence-electron chi connectivity index (χ0n) is 12.2. The van der Waals surface area contributed by atoms with Gasteiger partial charge in [0.05, 0.1) is 11.7 Å². The van der Waals surface area contributed by atoms with Crippen LogP contribution in [0.5, 0.6) is 0 Å². The van der Waals surface area contributed by atoms with Crippen LogP contribution in [0, 0.1) is 0 Å². The average molecular weight is 252 g/mol. The maximum absolute atomic E-state index is 12.8. The molecule has 0 aromatic carbocycles. The van der Waals surface area contributed by atoms with E-state index in [1.54, 1.807) is 0 Å². The Balaban J connectivity index is 2.16. The molecule has 0 aromatic rings. The molecular formula is C15H28N2O. The first-order valence-electron chi connectivity index (χ1n) is 7.75. The predicted molar refractivity (Wildman–Crippen MR) is 74.2 cm³/mol. The summed E-state index contributed by atoms with van der Waals surface area (Å²) in [4.78, 5) is 15.0. The molecular weight excluding hydrogens is 224 g/mol. The highest BCUT2D eigenvalue weighted by Gasteiger charge is 2.52. The van der Waals surface area contributed by atoms with Crippen LogP contribution >= 0.6 is 0 Å². The summed E-state index contributed by atoms with van der Waals surface area (Å²) in [6.45, 7) is 6.61. The molecule has 104 valence electrons. The van der Waals surface area contributed by atoms with Crippen LogP contribution in [0.4, 0.5) is 0 Å². The van der Waals surface area contributed by atoms with Crippen LogP contribution in [0.25, 0.3) is 0 Å². The lowest BCUT2D eigenvalue weighted by Crippen LogP contribution is -2.45. The van der Waals surface area contributed by atoms with Crippen LogP contribution in [0.1, 0.15) is 72.1 Å². The van der Waals surface area contributed by atoms with E-state index in [9.17, 15) is 4.79 Å². The Kier molecular flexibility index (Phi) is 4.31. The molecule has 1 aliphatic heterocycles. The summed E-state index contributed by atoms with van der Waals surface area (Å²) in [5.41, 5.74) is -0.193. The summed E-state index contributed by atoms with van der Waals surface area (Å²) in [7, 11) is 0. The summed E-state index contributed by atoms with van der Waals surface area (Å²) >= 11 is 0. The van der Waals surface area contributed by atoms with E-state index in [0.717, 1.165) is 38.5 Å². The number of nitrogens with zero attached hydrogens (tertiary/aromatic N) is 1. The van der Waals surface area contributed by atoms with Crippen LogP contribution in [-0.4, -0.2) is 28.6 Å². The van der Waals surface area contributed by atoms with Gasteiger partial charge in [-0.05, 0) is 32.6 Å². The van der Waals surface area contributed by atoms with E-state index in [1.807, 2.05) is 0 Å². The molecule has 0 bridgehead atoms. The molecule has 18 heavy (non-hydrogen) atoms. The molecule has 0 radical (unpaired) electrons. The van der Waals surface area contributed by atoms with Gasteiger partial charge in [-0.25, -0.2) is 0 Å². The van der Waals surface area contributed by atoms with Gasteiger partial charge in [0, 0.05) is 6.04 Å². The monoisotopic (exact) mass is 252 g/mol. The van der Waals surface area contributed by atoms with E-state index >= 15 is 0 Å². The van der Waals surface area contributed by atoms with Crippen LogP contribution in [0.3, 0.4) is 0 Å². The summed E-state index contributed by atoms with van der Waals surface area (Å²) < 4.78 is 0. The van der Waals surface area contributed by atoms with Crippen molar-refractivity contribution in [3.63, 3.8) is 0 Å². The quantitative estimate of drug-likeness (QED) is 0.815. The molecule has 2 rings (SSSR count). The molecule has 3 nitrogen and oxygen atoms in total. The Bertz CT molecular complexity index is 297. The van der Waals surface area contributed by atoms with Crippen molar-refractivity contribution in [2.24, 2.45) is 0 Å². The van der Waals surface area contributed by atoms with Gasteiger partial charge in [0.15, 0.2) is 0 Å². The van der Waals surface area contributed by atoms with E-state index in [1.165, 1.54) is 12.8 Å². The molecule has 2 atom stereocenters. The third-order valence-electron chi connectivity index (χ3n) is 4.62. The molecule has 2 unspecified atom stereocenters. The lowest BCUT2D eigenvalue weighted by atomic mass is 9.97. The van der Waals surface area contributed by atoms with Gasteiger partial charge in [-0.2, -0.15) is 0 Å². The molecule has 1 saturated carbocycles. The molecule has 1 amide bonds. The Hall–Kier alpha value is -0.570. The van der Waals surface area contributed by atoms with Gasteiger partial charge < -0.3 is 4.90 Å². The fourth-order valence-electron chi connectivity index (χ4n) is 3.72. The van der Waals surface area contributed by atoms with Crippen molar-refractivity contribution < 1.29 is 4.79 Å². The average Bonchev–Trinajstić information content (AvgIpc) is 2.88. The predicted octanol–water partition coefficient (Wildman–Crippen LogP) is 3.05. The highest BCUT2D eigenvalue weighted by Crippen LogP contribution is 2.38. The third kappa shape index (κ3) is 2.29. The van der Waals surface area contributed by atoms with Crippen molar-refractivity contribution in [1.29, 1.82) is 0 Å². The Labute approximate surface area is 111 Å². The Morgan fingerprint density at radius 3 is 2.56 bits per heavy atom. The van der Waals surface area contributed by atoms with E-state index in [4.69, 9.17) is 0 Å². The second-order valence-corrected chi connectivity index (χ2v) is 6.09. The third-order valence-corrected chi connectivity index (χ3v) is 4.62. The number of rotatable bonds is 5. The number of hydrogen-bond donors (Lipinski definition) is 1. The van der Waals surface area contributed by atoms with Gasteiger partial charge in [-0.3, -0.25) is 10.1 Å². The molecule has 1 aliphatic carbocycles. The summed E-state index contributed by atoms with van der Waals surface area (Å²) in [5.74, 6) is 0.388. The van der Waals surface area contributed by atoms with E-state index in [2.05, 4.69) is 31.0 Å². The number of nitrogens with one attached hydrogen (secondary N) is 1.